The van der Waals surface area contributed by atoms with Crippen LogP contribution in [0, 0.1) is 0 Å². The Balaban J connectivity index is 1.32. The van der Waals surface area contributed by atoms with Crippen molar-refractivity contribution in [2.75, 3.05) is 5.32 Å². The molecule has 162 valence electrons. The number of halogens is 3. The second-order valence-electron chi connectivity index (χ2n) is 7.36. The van der Waals surface area contributed by atoms with Crippen LogP contribution < -0.4 is 15.4 Å². The van der Waals surface area contributed by atoms with Gasteiger partial charge in [-0.1, -0.05) is 18.2 Å². The van der Waals surface area contributed by atoms with E-state index in [-0.39, 0.29) is 18.0 Å². The van der Waals surface area contributed by atoms with E-state index in [1.807, 2.05) is 24.3 Å². The molecule has 2 amide bonds. The van der Waals surface area contributed by atoms with Gasteiger partial charge in [0.15, 0.2) is 0 Å². The molecule has 0 saturated heterocycles. The molecular weight excluding hydrogens is 413 g/mol. The van der Waals surface area contributed by atoms with E-state index in [2.05, 4.69) is 25.3 Å². The number of hydrogen-bond acceptors (Lipinski definition) is 4. The first kappa shape index (κ1) is 20.7. The van der Waals surface area contributed by atoms with Crippen molar-refractivity contribution in [3.63, 3.8) is 0 Å². The van der Waals surface area contributed by atoms with Crippen LogP contribution in [0.1, 0.15) is 25.1 Å². The maximum absolute atomic E-state index is 12.6. The van der Waals surface area contributed by atoms with Gasteiger partial charge in [-0.3, -0.25) is 9.59 Å². The minimum atomic E-state index is -4.83. The summed E-state index contributed by atoms with van der Waals surface area (Å²) in [4.78, 5) is 32.5. The number of amides is 2. The van der Waals surface area contributed by atoms with Crippen molar-refractivity contribution in [3.05, 3.63) is 54.4 Å². The van der Waals surface area contributed by atoms with Gasteiger partial charge in [-0.15, -0.1) is 13.2 Å². The standard InChI is InChI=1S/C21H19F3N4O3/c22-21(23,24)31-14-5-3-4-13(12-14)25-19(30)20(10-11-20)28-18(29)9-8-17-26-15-6-1-2-7-16(15)27-17/h1-7,12H,8-11H2,(H,25,30)(H,26,27)(H,28,29). The van der Waals surface area contributed by atoms with Crippen molar-refractivity contribution in [2.45, 2.75) is 37.6 Å². The molecule has 3 N–H and O–H groups in total. The highest BCUT2D eigenvalue weighted by atomic mass is 19.4. The lowest BCUT2D eigenvalue weighted by molar-refractivity contribution is -0.274. The van der Waals surface area contributed by atoms with Crippen molar-refractivity contribution >= 4 is 28.5 Å². The van der Waals surface area contributed by atoms with Gasteiger partial charge < -0.3 is 20.4 Å². The SMILES string of the molecule is O=C(CCc1nc2ccccc2[nH]1)NC1(C(=O)Nc2cccc(OC(F)(F)F)c2)CC1. The van der Waals surface area contributed by atoms with Crippen LogP contribution in [0.25, 0.3) is 11.0 Å². The van der Waals surface area contributed by atoms with Crippen molar-refractivity contribution in [2.24, 2.45) is 0 Å². The van der Waals surface area contributed by atoms with Gasteiger partial charge in [-0.2, -0.15) is 0 Å². The number of nitrogens with zero attached hydrogens (tertiary/aromatic N) is 1. The largest absolute Gasteiger partial charge is 0.573 e. The van der Waals surface area contributed by atoms with E-state index in [0.29, 0.717) is 25.1 Å². The summed E-state index contributed by atoms with van der Waals surface area (Å²) < 4.78 is 41.0. The van der Waals surface area contributed by atoms with Crippen LogP contribution in [0.5, 0.6) is 5.75 Å². The Labute approximate surface area is 175 Å². The number of imidazole rings is 1. The molecule has 1 aliphatic rings. The number of aryl methyl sites for hydroxylation is 1. The van der Waals surface area contributed by atoms with Crippen LogP contribution in [0.15, 0.2) is 48.5 Å². The van der Waals surface area contributed by atoms with E-state index in [9.17, 15) is 22.8 Å². The van der Waals surface area contributed by atoms with Gasteiger partial charge in [0.05, 0.1) is 11.0 Å². The predicted octanol–water partition coefficient (Wildman–Crippen LogP) is 3.68. The Morgan fingerprint density at radius 1 is 1.13 bits per heavy atom. The van der Waals surface area contributed by atoms with E-state index in [1.165, 1.54) is 12.1 Å². The molecule has 0 bridgehead atoms. The Bertz CT molecular complexity index is 1090. The number of H-pyrrole nitrogens is 1. The van der Waals surface area contributed by atoms with Gasteiger partial charge in [0.1, 0.15) is 17.1 Å². The first-order chi connectivity index (χ1) is 14.7. The molecule has 0 atom stereocenters. The van der Waals surface area contributed by atoms with Gasteiger partial charge in [-0.05, 0) is 37.1 Å². The number of aromatic nitrogens is 2. The fraction of sp³-hybridized carbons (Fsp3) is 0.286. The van der Waals surface area contributed by atoms with Gasteiger partial charge in [-0.25, -0.2) is 4.98 Å². The fourth-order valence-corrected chi connectivity index (χ4v) is 3.24. The molecule has 10 heteroatoms. The minimum Gasteiger partial charge on any atom is -0.406 e. The summed E-state index contributed by atoms with van der Waals surface area (Å²) in [6, 6.07) is 12.5. The Morgan fingerprint density at radius 3 is 2.61 bits per heavy atom. The number of para-hydroxylation sites is 2. The predicted molar refractivity (Wildman–Crippen MR) is 106 cm³/mol. The second-order valence-corrected chi connectivity index (χ2v) is 7.36. The zero-order valence-electron chi connectivity index (χ0n) is 16.3. The quantitative estimate of drug-likeness (QED) is 0.531. The van der Waals surface area contributed by atoms with Crippen LogP contribution in [0.3, 0.4) is 0 Å². The molecule has 7 nitrogen and oxygen atoms in total. The molecule has 0 unspecified atom stereocenters. The lowest BCUT2D eigenvalue weighted by Crippen LogP contribution is -2.46. The van der Waals surface area contributed by atoms with E-state index < -0.39 is 23.6 Å². The molecule has 0 radical (unpaired) electrons. The molecule has 0 spiro atoms. The summed E-state index contributed by atoms with van der Waals surface area (Å²) in [6.45, 7) is 0. The van der Waals surface area contributed by atoms with Crippen LogP contribution in [-0.4, -0.2) is 33.7 Å². The molecule has 1 fully saturated rings. The summed E-state index contributed by atoms with van der Waals surface area (Å²) >= 11 is 0. The number of nitrogens with one attached hydrogen (secondary N) is 3. The molecule has 31 heavy (non-hydrogen) atoms. The highest BCUT2D eigenvalue weighted by molar-refractivity contribution is 6.02. The van der Waals surface area contributed by atoms with Crippen LogP contribution in [-0.2, 0) is 16.0 Å². The molecule has 1 saturated carbocycles. The number of benzene rings is 2. The lowest BCUT2D eigenvalue weighted by atomic mass is 10.2. The van der Waals surface area contributed by atoms with Gasteiger partial charge >= 0.3 is 6.36 Å². The maximum Gasteiger partial charge on any atom is 0.573 e. The van der Waals surface area contributed by atoms with Crippen molar-refractivity contribution in [3.8, 4) is 5.75 Å². The van der Waals surface area contributed by atoms with Gasteiger partial charge in [0.2, 0.25) is 11.8 Å². The van der Waals surface area contributed by atoms with E-state index in [0.717, 1.165) is 23.2 Å². The monoisotopic (exact) mass is 432 g/mol. The van der Waals surface area contributed by atoms with Crippen molar-refractivity contribution in [1.82, 2.24) is 15.3 Å². The first-order valence-electron chi connectivity index (χ1n) is 9.64. The average Bonchev–Trinajstić information content (AvgIpc) is 3.35. The first-order valence-corrected chi connectivity index (χ1v) is 9.64. The Morgan fingerprint density at radius 2 is 1.90 bits per heavy atom. The summed E-state index contributed by atoms with van der Waals surface area (Å²) in [5.41, 5.74) is 0.793. The third-order valence-electron chi connectivity index (χ3n) is 4.92. The third kappa shape index (κ3) is 5.14. The summed E-state index contributed by atoms with van der Waals surface area (Å²) in [6.07, 6.45) is -3.39. The van der Waals surface area contributed by atoms with Crippen LogP contribution >= 0.6 is 0 Å². The molecule has 1 heterocycles. The molecular formula is C21H19F3N4O3. The molecule has 1 aliphatic carbocycles. The number of carbonyl (C=O) groups is 2. The smallest absolute Gasteiger partial charge is 0.406 e. The number of ether oxygens (including phenoxy) is 1. The lowest BCUT2D eigenvalue weighted by Gasteiger charge is -2.17. The van der Waals surface area contributed by atoms with Gasteiger partial charge in [0, 0.05) is 24.6 Å². The fourth-order valence-electron chi connectivity index (χ4n) is 3.24. The van der Waals surface area contributed by atoms with Crippen molar-refractivity contribution in [1.29, 1.82) is 0 Å². The summed E-state index contributed by atoms with van der Waals surface area (Å²) in [7, 11) is 0. The molecule has 4 rings (SSSR count). The zero-order valence-corrected chi connectivity index (χ0v) is 16.3. The van der Waals surface area contributed by atoms with E-state index >= 15 is 0 Å². The van der Waals surface area contributed by atoms with E-state index in [1.54, 1.807) is 0 Å². The topological polar surface area (TPSA) is 96.1 Å². The van der Waals surface area contributed by atoms with E-state index in [4.69, 9.17) is 0 Å². The normalized spacial score (nSPS) is 14.8. The third-order valence-corrected chi connectivity index (χ3v) is 4.92. The molecule has 1 aromatic heterocycles. The zero-order chi connectivity index (χ0) is 22.1. The highest BCUT2D eigenvalue weighted by Gasteiger charge is 2.51. The maximum atomic E-state index is 12.6. The second kappa shape index (κ2) is 7.93. The number of rotatable bonds is 7. The molecule has 2 aromatic carbocycles. The average molecular weight is 432 g/mol. The number of anilines is 1. The minimum absolute atomic E-state index is 0.143. The summed E-state index contributed by atoms with van der Waals surface area (Å²) in [5, 5.41) is 5.29. The van der Waals surface area contributed by atoms with Crippen LogP contribution in [0.4, 0.5) is 18.9 Å². The molecule has 3 aromatic rings. The molecule has 0 aliphatic heterocycles. The number of carbonyl (C=O) groups excluding carboxylic acids is 2. The number of alkyl halides is 3. The Hall–Kier alpha value is -3.56. The number of hydrogen-bond donors (Lipinski definition) is 3. The number of fused-ring (bicyclic) bond motifs is 1. The highest BCUT2D eigenvalue weighted by Crippen LogP contribution is 2.37. The Kier molecular flexibility index (Phi) is 5.30. The van der Waals surface area contributed by atoms with Crippen molar-refractivity contribution < 1.29 is 27.5 Å². The van der Waals surface area contributed by atoms with Gasteiger partial charge in [0.25, 0.3) is 0 Å². The van der Waals surface area contributed by atoms with Crippen LogP contribution in [0.2, 0.25) is 0 Å². The number of aromatic amines is 1. The summed E-state index contributed by atoms with van der Waals surface area (Å²) in [5.74, 6) is -0.548.